The summed E-state index contributed by atoms with van der Waals surface area (Å²) >= 11 is 0. The normalized spacial score (nSPS) is 5.67. The van der Waals surface area contributed by atoms with Gasteiger partial charge in [0.15, 0.2) is 0 Å². The van der Waals surface area contributed by atoms with E-state index in [0.29, 0.717) is 0 Å². The lowest BCUT2D eigenvalue weighted by Crippen LogP contribution is -1.97. The molecule has 2 nitrogen and oxygen atoms in total. The average Bonchev–Trinajstić information content (AvgIpc) is 1.38. The van der Waals surface area contributed by atoms with Crippen LogP contribution in [-0.2, 0) is 0 Å². The Morgan fingerprint density at radius 2 is 1.67 bits per heavy atom. The SMILES string of the molecule is C=CN(C)C.N. The summed E-state index contributed by atoms with van der Waals surface area (Å²) in [6.07, 6.45) is 1.75. The molecule has 0 amide bonds. The second-order valence-corrected chi connectivity index (χ2v) is 1.15. The maximum atomic E-state index is 3.49. The zero-order chi connectivity index (χ0) is 4.28. The van der Waals surface area contributed by atoms with E-state index in [4.69, 9.17) is 0 Å². The van der Waals surface area contributed by atoms with Crippen molar-refractivity contribution in [2.75, 3.05) is 14.1 Å². The van der Waals surface area contributed by atoms with E-state index in [0.717, 1.165) is 0 Å². The minimum atomic E-state index is 0. The Hall–Kier alpha value is -0.500. The van der Waals surface area contributed by atoms with Gasteiger partial charge in [0.25, 0.3) is 0 Å². The molecule has 0 fully saturated rings. The van der Waals surface area contributed by atoms with Crippen molar-refractivity contribution in [3.05, 3.63) is 12.8 Å². The van der Waals surface area contributed by atoms with Gasteiger partial charge in [-0.25, -0.2) is 0 Å². The highest BCUT2D eigenvalue weighted by atomic mass is 15.0. The Kier molecular flexibility index (Phi) is 6.82. The van der Waals surface area contributed by atoms with Crippen molar-refractivity contribution in [2.24, 2.45) is 0 Å². The summed E-state index contributed by atoms with van der Waals surface area (Å²) in [5, 5.41) is 0. The smallest absolute Gasteiger partial charge is 0.00554 e. The summed E-state index contributed by atoms with van der Waals surface area (Å²) in [6, 6.07) is 0. The van der Waals surface area contributed by atoms with Gasteiger partial charge in [-0.3, -0.25) is 0 Å². The van der Waals surface area contributed by atoms with E-state index in [9.17, 15) is 0 Å². The van der Waals surface area contributed by atoms with Crippen LogP contribution in [0.2, 0.25) is 0 Å². The van der Waals surface area contributed by atoms with Crippen LogP contribution in [-0.4, -0.2) is 19.0 Å². The number of nitrogens with zero attached hydrogens (tertiary/aromatic N) is 1. The Balaban J connectivity index is 0. The lowest BCUT2D eigenvalue weighted by molar-refractivity contribution is 0.566. The van der Waals surface area contributed by atoms with Crippen molar-refractivity contribution >= 4 is 0 Å². The maximum Gasteiger partial charge on any atom is 0.00554 e. The lowest BCUT2D eigenvalue weighted by atomic mass is 10.9. The molecule has 0 unspecified atom stereocenters. The molecule has 0 spiro atoms. The van der Waals surface area contributed by atoms with Crippen LogP contribution in [0.1, 0.15) is 0 Å². The van der Waals surface area contributed by atoms with Gasteiger partial charge in [0, 0.05) is 14.1 Å². The van der Waals surface area contributed by atoms with E-state index >= 15 is 0 Å². The Labute approximate surface area is 39.0 Å². The molecule has 0 aromatic heterocycles. The topological polar surface area (TPSA) is 38.2 Å². The predicted octanol–water partition coefficient (Wildman–Crippen LogP) is 0.853. The van der Waals surface area contributed by atoms with Gasteiger partial charge < -0.3 is 11.1 Å². The molecule has 0 saturated carbocycles. The van der Waals surface area contributed by atoms with Crippen LogP contribution < -0.4 is 6.15 Å². The second-order valence-electron chi connectivity index (χ2n) is 1.15. The van der Waals surface area contributed by atoms with Crippen molar-refractivity contribution in [1.82, 2.24) is 11.1 Å². The summed E-state index contributed by atoms with van der Waals surface area (Å²) in [5.74, 6) is 0. The molecule has 3 N–H and O–H groups in total. The first kappa shape index (κ1) is 9.09. The molecule has 6 heavy (non-hydrogen) atoms. The predicted molar refractivity (Wildman–Crippen MR) is 28.9 cm³/mol. The molecule has 0 aromatic rings. The maximum absolute atomic E-state index is 3.49. The highest BCUT2D eigenvalue weighted by Crippen LogP contribution is 1.64. The average molecular weight is 88.2 g/mol. The molecular weight excluding hydrogens is 76.1 g/mol. The summed E-state index contributed by atoms with van der Waals surface area (Å²) in [5.41, 5.74) is 0. The van der Waals surface area contributed by atoms with Crippen LogP contribution in [0.25, 0.3) is 0 Å². The van der Waals surface area contributed by atoms with Gasteiger partial charge in [0.2, 0.25) is 0 Å². The zero-order valence-corrected chi connectivity index (χ0v) is 4.44. The molecule has 2 heteroatoms. The summed E-state index contributed by atoms with van der Waals surface area (Å²) in [4.78, 5) is 1.89. The van der Waals surface area contributed by atoms with Crippen LogP contribution in [0.3, 0.4) is 0 Å². The first-order valence-corrected chi connectivity index (χ1v) is 1.56. The molecule has 0 aliphatic carbocycles. The third kappa shape index (κ3) is 9.72. The van der Waals surface area contributed by atoms with Gasteiger partial charge in [-0.1, -0.05) is 6.58 Å². The van der Waals surface area contributed by atoms with Crippen LogP contribution in [0, 0.1) is 0 Å². The molecule has 0 saturated heterocycles. The largest absolute Gasteiger partial charge is 0.384 e. The number of hydrogen-bond acceptors (Lipinski definition) is 2. The van der Waals surface area contributed by atoms with Crippen LogP contribution in [0.15, 0.2) is 12.8 Å². The Bertz CT molecular complexity index is 32.5. The van der Waals surface area contributed by atoms with E-state index in [1.165, 1.54) is 0 Å². The molecule has 0 aromatic carbocycles. The molecule has 0 heterocycles. The van der Waals surface area contributed by atoms with Crippen molar-refractivity contribution in [3.63, 3.8) is 0 Å². The fraction of sp³-hybridized carbons (Fsp3) is 0.500. The molecule has 0 radical (unpaired) electrons. The third-order valence-corrected chi connectivity index (χ3v) is 0.365. The van der Waals surface area contributed by atoms with Crippen molar-refractivity contribution < 1.29 is 0 Å². The van der Waals surface area contributed by atoms with Gasteiger partial charge in [-0.05, 0) is 6.20 Å². The fourth-order valence-electron chi connectivity index (χ4n) is 0. The third-order valence-electron chi connectivity index (χ3n) is 0.365. The van der Waals surface area contributed by atoms with Crippen LogP contribution in [0.5, 0.6) is 0 Å². The molecule has 0 bridgehead atoms. The van der Waals surface area contributed by atoms with Crippen molar-refractivity contribution in [1.29, 1.82) is 0 Å². The van der Waals surface area contributed by atoms with E-state index in [1.807, 2.05) is 19.0 Å². The van der Waals surface area contributed by atoms with Gasteiger partial charge in [0.1, 0.15) is 0 Å². The minimum absolute atomic E-state index is 0. The van der Waals surface area contributed by atoms with Crippen LogP contribution >= 0.6 is 0 Å². The van der Waals surface area contributed by atoms with Crippen molar-refractivity contribution in [2.45, 2.75) is 0 Å². The van der Waals surface area contributed by atoms with Gasteiger partial charge in [0.05, 0.1) is 0 Å². The molecular formula is C4H12N2. The summed E-state index contributed by atoms with van der Waals surface area (Å²) in [6.45, 7) is 3.49. The monoisotopic (exact) mass is 88.1 g/mol. The molecule has 0 rings (SSSR count). The van der Waals surface area contributed by atoms with E-state index < -0.39 is 0 Å². The number of hydrogen-bond donors (Lipinski definition) is 1. The minimum Gasteiger partial charge on any atom is -0.384 e. The summed E-state index contributed by atoms with van der Waals surface area (Å²) < 4.78 is 0. The first-order valence-electron chi connectivity index (χ1n) is 1.56. The molecule has 38 valence electrons. The van der Waals surface area contributed by atoms with E-state index in [-0.39, 0.29) is 6.15 Å². The van der Waals surface area contributed by atoms with Gasteiger partial charge in [-0.15, -0.1) is 0 Å². The standard InChI is InChI=1S/C4H9N.H3N/c1-4-5(2)3;/h4H,1H2,2-3H3;1H3. The van der Waals surface area contributed by atoms with E-state index in [1.54, 1.807) is 6.20 Å². The fourth-order valence-corrected chi connectivity index (χ4v) is 0. The quantitative estimate of drug-likeness (QED) is 0.516. The lowest BCUT2D eigenvalue weighted by Gasteiger charge is -1.98. The second kappa shape index (κ2) is 4.50. The Morgan fingerprint density at radius 1 is 1.50 bits per heavy atom. The molecule has 0 atom stereocenters. The first-order chi connectivity index (χ1) is 2.27. The van der Waals surface area contributed by atoms with Crippen molar-refractivity contribution in [3.8, 4) is 0 Å². The number of rotatable bonds is 1. The van der Waals surface area contributed by atoms with Crippen LogP contribution in [0.4, 0.5) is 0 Å². The summed E-state index contributed by atoms with van der Waals surface area (Å²) in [7, 11) is 3.88. The molecule has 0 aliphatic rings. The Morgan fingerprint density at radius 3 is 1.67 bits per heavy atom. The van der Waals surface area contributed by atoms with E-state index in [2.05, 4.69) is 6.58 Å². The molecule has 0 aliphatic heterocycles. The highest BCUT2D eigenvalue weighted by molar-refractivity contribution is 4.59. The zero-order valence-electron chi connectivity index (χ0n) is 4.44. The van der Waals surface area contributed by atoms with Gasteiger partial charge >= 0.3 is 0 Å². The van der Waals surface area contributed by atoms with Gasteiger partial charge in [-0.2, -0.15) is 0 Å². The highest BCUT2D eigenvalue weighted by Gasteiger charge is 1.61.